The second-order valence-electron chi connectivity index (χ2n) is 7.68. The summed E-state index contributed by atoms with van der Waals surface area (Å²) in [6, 6.07) is 8.50. The highest BCUT2D eigenvalue weighted by molar-refractivity contribution is 7.90. The monoisotopic (exact) mass is 494 g/mol. The number of halogens is 1. The van der Waals surface area contributed by atoms with E-state index >= 15 is 0 Å². The SMILES string of the molecule is COC(=O)c1ccc(Cl)cc1NC(=O)NS(=O)(=O)c1cccc(/C=C/C(=O)OC(C)(C)C)c1. The average Bonchev–Trinajstić information content (AvgIpc) is 2.70. The van der Waals surface area contributed by atoms with Crippen LogP contribution in [0.2, 0.25) is 5.02 Å². The van der Waals surface area contributed by atoms with Gasteiger partial charge in [0.2, 0.25) is 0 Å². The summed E-state index contributed by atoms with van der Waals surface area (Å²) in [4.78, 5) is 35.8. The van der Waals surface area contributed by atoms with Gasteiger partial charge in [-0.05, 0) is 62.7 Å². The zero-order valence-electron chi connectivity index (χ0n) is 18.3. The Balaban J connectivity index is 2.18. The van der Waals surface area contributed by atoms with Crippen molar-refractivity contribution in [1.82, 2.24) is 4.72 Å². The molecule has 2 amide bonds. The van der Waals surface area contributed by atoms with Gasteiger partial charge in [0.1, 0.15) is 5.60 Å². The number of nitrogens with one attached hydrogen (secondary N) is 2. The number of hydrogen-bond donors (Lipinski definition) is 2. The number of ether oxygens (including phenoxy) is 2. The van der Waals surface area contributed by atoms with Crippen LogP contribution in [0.5, 0.6) is 0 Å². The molecule has 0 heterocycles. The van der Waals surface area contributed by atoms with Crippen molar-refractivity contribution in [3.05, 3.63) is 64.7 Å². The first-order chi connectivity index (χ1) is 15.3. The Labute approximate surface area is 196 Å². The number of amides is 2. The highest BCUT2D eigenvalue weighted by atomic mass is 35.5. The molecule has 2 rings (SSSR count). The molecule has 2 aromatic carbocycles. The summed E-state index contributed by atoms with van der Waals surface area (Å²) in [6.07, 6.45) is 2.56. The number of hydrogen-bond acceptors (Lipinski definition) is 7. The van der Waals surface area contributed by atoms with Crippen LogP contribution < -0.4 is 10.0 Å². The summed E-state index contributed by atoms with van der Waals surface area (Å²) in [6.45, 7) is 5.17. The molecule has 9 nitrogen and oxygen atoms in total. The van der Waals surface area contributed by atoms with Gasteiger partial charge in [-0.15, -0.1) is 0 Å². The molecule has 0 aliphatic rings. The molecular weight excluding hydrogens is 472 g/mol. The predicted octanol–water partition coefficient (Wildman–Crippen LogP) is 3.99. The van der Waals surface area contributed by atoms with E-state index in [1.807, 2.05) is 4.72 Å². The van der Waals surface area contributed by atoms with Crippen molar-refractivity contribution in [2.24, 2.45) is 0 Å². The highest BCUT2D eigenvalue weighted by Gasteiger charge is 2.20. The van der Waals surface area contributed by atoms with Gasteiger partial charge in [-0.25, -0.2) is 27.5 Å². The number of sulfonamides is 1. The maximum absolute atomic E-state index is 12.6. The molecule has 2 aromatic rings. The Bertz CT molecular complexity index is 1200. The zero-order valence-corrected chi connectivity index (χ0v) is 19.9. The van der Waals surface area contributed by atoms with E-state index in [0.29, 0.717) is 5.56 Å². The van der Waals surface area contributed by atoms with Gasteiger partial charge in [-0.3, -0.25) is 0 Å². The lowest BCUT2D eigenvalue weighted by molar-refractivity contribution is -0.148. The molecular formula is C22H23ClN2O7S. The molecule has 0 unspecified atom stereocenters. The highest BCUT2D eigenvalue weighted by Crippen LogP contribution is 2.22. The van der Waals surface area contributed by atoms with Crippen molar-refractivity contribution in [1.29, 1.82) is 0 Å². The van der Waals surface area contributed by atoms with Crippen LogP contribution in [0.1, 0.15) is 36.7 Å². The molecule has 0 bridgehead atoms. The fraction of sp³-hybridized carbons (Fsp3) is 0.227. The van der Waals surface area contributed by atoms with Gasteiger partial charge < -0.3 is 14.8 Å². The standard InChI is InChI=1S/C22H23ClN2O7S/c1-22(2,3)32-19(26)11-8-14-6-5-7-16(12-14)33(29,30)25-21(28)24-18-13-15(23)9-10-17(18)20(27)31-4/h5-13H,1-4H3,(H2,24,25,28)/b11-8+. The Morgan fingerprint density at radius 1 is 1.06 bits per heavy atom. The van der Waals surface area contributed by atoms with Crippen molar-refractivity contribution in [3.63, 3.8) is 0 Å². The summed E-state index contributed by atoms with van der Waals surface area (Å²) < 4.78 is 36.9. The maximum atomic E-state index is 12.6. The topological polar surface area (TPSA) is 128 Å². The van der Waals surface area contributed by atoms with Gasteiger partial charge in [-0.2, -0.15) is 0 Å². The van der Waals surface area contributed by atoms with Crippen LogP contribution in [-0.2, 0) is 24.3 Å². The van der Waals surface area contributed by atoms with E-state index in [1.165, 1.54) is 48.6 Å². The number of carbonyl (C=O) groups is 3. The first-order valence-electron chi connectivity index (χ1n) is 9.53. The third-order valence-corrected chi connectivity index (χ3v) is 5.41. The van der Waals surface area contributed by atoms with E-state index in [-0.39, 0.29) is 21.2 Å². The second kappa shape index (κ2) is 10.5. The van der Waals surface area contributed by atoms with Gasteiger partial charge in [0.15, 0.2) is 0 Å². The van der Waals surface area contributed by atoms with E-state index in [4.69, 9.17) is 16.3 Å². The molecule has 0 aliphatic carbocycles. The molecule has 0 spiro atoms. The first kappa shape index (κ1) is 25.9. The average molecular weight is 495 g/mol. The number of esters is 2. The molecule has 176 valence electrons. The van der Waals surface area contributed by atoms with Crippen molar-refractivity contribution in [3.8, 4) is 0 Å². The molecule has 2 N–H and O–H groups in total. The van der Waals surface area contributed by atoms with Gasteiger partial charge in [0.25, 0.3) is 10.0 Å². The first-order valence-corrected chi connectivity index (χ1v) is 11.4. The van der Waals surface area contributed by atoms with E-state index in [1.54, 1.807) is 26.8 Å². The zero-order chi connectivity index (χ0) is 24.8. The van der Waals surface area contributed by atoms with Gasteiger partial charge >= 0.3 is 18.0 Å². The fourth-order valence-electron chi connectivity index (χ4n) is 2.52. The number of anilines is 1. The largest absolute Gasteiger partial charge is 0.465 e. The Hall–Kier alpha value is -3.37. The van der Waals surface area contributed by atoms with Crippen LogP contribution >= 0.6 is 11.6 Å². The van der Waals surface area contributed by atoms with E-state index < -0.39 is 33.6 Å². The Morgan fingerprint density at radius 3 is 2.39 bits per heavy atom. The lowest BCUT2D eigenvalue weighted by Gasteiger charge is -2.17. The summed E-state index contributed by atoms with van der Waals surface area (Å²) in [5.74, 6) is -1.33. The molecule has 0 saturated carbocycles. The number of carbonyl (C=O) groups excluding carboxylic acids is 3. The lowest BCUT2D eigenvalue weighted by atomic mass is 10.2. The van der Waals surface area contributed by atoms with Crippen molar-refractivity contribution in [2.75, 3.05) is 12.4 Å². The summed E-state index contributed by atoms with van der Waals surface area (Å²) in [5, 5.41) is 2.49. The third kappa shape index (κ3) is 7.92. The Kier molecular flexibility index (Phi) is 8.23. The number of rotatable bonds is 6. The van der Waals surface area contributed by atoms with Crippen LogP contribution in [0.3, 0.4) is 0 Å². The molecule has 0 saturated heterocycles. The minimum absolute atomic E-state index is 0.0104. The second-order valence-corrected chi connectivity index (χ2v) is 9.80. The number of methoxy groups -OCH3 is 1. The van der Waals surface area contributed by atoms with Crippen LogP contribution in [0.4, 0.5) is 10.5 Å². The lowest BCUT2D eigenvalue weighted by Crippen LogP contribution is -2.34. The maximum Gasteiger partial charge on any atom is 0.339 e. The van der Waals surface area contributed by atoms with Crippen LogP contribution in [0.25, 0.3) is 6.08 Å². The van der Waals surface area contributed by atoms with E-state index in [9.17, 15) is 22.8 Å². The minimum atomic E-state index is -4.28. The quantitative estimate of drug-likeness (QED) is 0.459. The van der Waals surface area contributed by atoms with Gasteiger partial charge in [0.05, 0.1) is 23.3 Å². The molecule has 0 atom stereocenters. The predicted molar refractivity (Wildman–Crippen MR) is 123 cm³/mol. The summed E-state index contributed by atoms with van der Waals surface area (Å²) in [5.41, 5.74) is -0.313. The Morgan fingerprint density at radius 2 is 1.76 bits per heavy atom. The van der Waals surface area contributed by atoms with Crippen LogP contribution in [0, 0.1) is 0 Å². The minimum Gasteiger partial charge on any atom is -0.465 e. The van der Waals surface area contributed by atoms with Crippen molar-refractivity contribution in [2.45, 2.75) is 31.3 Å². The van der Waals surface area contributed by atoms with E-state index in [0.717, 1.165) is 7.11 Å². The van der Waals surface area contributed by atoms with Crippen LogP contribution in [0.15, 0.2) is 53.4 Å². The smallest absolute Gasteiger partial charge is 0.339 e. The summed E-state index contributed by atoms with van der Waals surface area (Å²) in [7, 11) is -3.12. The normalized spacial score (nSPS) is 11.7. The summed E-state index contributed by atoms with van der Waals surface area (Å²) >= 11 is 5.90. The van der Waals surface area contributed by atoms with Gasteiger partial charge in [0, 0.05) is 11.1 Å². The molecule has 11 heteroatoms. The molecule has 0 fully saturated rings. The van der Waals surface area contributed by atoms with Crippen molar-refractivity contribution >= 4 is 51.4 Å². The fourth-order valence-corrected chi connectivity index (χ4v) is 3.66. The molecule has 0 aromatic heterocycles. The van der Waals surface area contributed by atoms with E-state index in [2.05, 4.69) is 10.1 Å². The molecule has 33 heavy (non-hydrogen) atoms. The number of benzene rings is 2. The van der Waals surface area contributed by atoms with Crippen LogP contribution in [-0.4, -0.2) is 39.1 Å². The molecule has 0 radical (unpaired) electrons. The molecule has 0 aliphatic heterocycles. The number of urea groups is 1. The third-order valence-electron chi connectivity index (χ3n) is 3.85. The van der Waals surface area contributed by atoms with Gasteiger partial charge in [-0.1, -0.05) is 23.7 Å². The van der Waals surface area contributed by atoms with Crippen molar-refractivity contribution < 1.29 is 32.3 Å².